The van der Waals surface area contributed by atoms with Crippen molar-refractivity contribution in [3.05, 3.63) is 15.6 Å². The van der Waals surface area contributed by atoms with Gasteiger partial charge in [-0.25, -0.2) is 9.78 Å². The molecule has 0 unspecified atom stereocenters. The van der Waals surface area contributed by atoms with E-state index < -0.39 is 22.7 Å². The smallest absolute Gasteiger partial charge is 0.435 e. The molecule has 4 nitrogen and oxygen atoms in total. The number of carbonyl (C=O) groups excluding carboxylic acids is 1. The normalized spacial score (nSPS) is 11.4. The lowest BCUT2D eigenvalue weighted by Gasteiger charge is -2.05. The van der Waals surface area contributed by atoms with Gasteiger partial charge in [0.05, 0.1) is 12.3 Å². The molecule has 0 aromatic carbocycles. The molecule has 1 rings (SSSR count). The fourth-order valence-corrected chi connectivity index (χ4v) is 1.89. The zero-order valence-electron chi connectivity index (χ0n) is 9.01. The Balaban J connectivity index is 3.26. The summed E-state index contributed by atoms with van der Waals surface area (Å²) in [5.41, 5.74) is -1.42. The highest BCUT2D eigenvalue weighted by Crippen LogP contribution is 2.34. The Morgan fingerprint density at radius 2 is 2.12 bits per heavy atom. The molecule has 1 N–H and O–H groups in total. The molecule has 94 valence electrons. The molecule has 1 aromatic heterocycles. The molecule has 17 heavy (non-hydrogen) atoms. The third-order valence-corrected chi connectivity index (χ3v) is 2.83. The van der Waals surface area contributed by atoms with Gasteiger partial charge in [-0.05, 0) is 13.8 Å². The third-order valence-electron chi connectivity index (χ3n) is 1.68. The zero-order chi connectivity index (χ0) is 13.2. The standard InChI is InChI=1S/C9H9F3N2O2S/c1-3-16-8(15)5-6(9(10,11)12)14-7(17-5)4(2)13/h13H,3H2,1-2H3. The first-order valence-electron chi connectivity index (χ1n) is 4.58. The minimum Gasteiger partial charge on any atom is -0.462 e. The predicted molar refractivity (Wildman–Crippen MR) is 55.6 cm³/mol. The lowest BCUT2D eigenvalue weighted by atomic mass is 10.3. The number of nitrogens with one attached hydrogen (secondary N) is 1. The topological polar surface area (TPSA) is 63.0 Å². The number of rotatable bonds is 3. The minimum atomic E-state index is -4.73. The van der Waals surface area contributed by atoms with Crippen LogP contribution >= 0.6 is 11.3 Å². The lowest BCUT2D eigenvalue weighted by Crippen LogP contribution is -2.13. The van der Waals surface area contributed by atoms with Crippen LogP contribution < -0.4 is 0 Å². The number of halogens is 3. The molecule has 0 aliphatic rings. The molecule has 0 bridgehead atoms. The van der Waals surface area contributed by atoms with Crippen molar-refractivity contribution in [1.82, 2.24) is 4.98 Å². The summed E-state index contributed by atoms with van der Waals surface area (Å²) in [5.74, 6) is -1.06. The average molecular weight is 266 g/mol. The van der Waals surface area contributed by atoms with Gasteiger partial charge in [0.1, 0.15) is 9.88 Å². The van der Waals surface area contributed by atoms with E-state index in [-0.39, 0.29) is 17.3 Å². The van der Waals surface area contributed by atoms with Gasteiger partial charge in [-0.15, -0.1) is 11.3 Å². The number of hydrogen-bond acceptors (Lipinski definition) is 5. The summed E-state index contributed by atoms with van der Waals surface area (Å²) in [4.78, 5) is 14.0. The van der Waals surface area contributed by atoms with Crippen molar-refractivity contribution in [2.24, 2.45) is 0 Å². The number of alkyl halides is 3. The maximum absolute atomic E-state index is 12.6. The van der Waals surface area contributed by atoms with Crippen LogP contribution in [0, 0.1) is 5.41 Å². The predicted octanol–water partition coefficient (Wildman–Crippen LogP) is 2.73. The number of thiazole rings is 1. The first-order chi connectivity index (χ1) is 7.77. The molecule has 0 atom stereocenters. The number of hydrogen-bond donors (Lipinski definition) is 1. The molecule has 0 aliphatic carbocycles. The van der Waals surface area contributed by atoms with Crippen LogP contribution in [0.3, 0.4) is 0 Å². The average Bonchev–Trinajstić information content (AvgIpc) is 2.61. The van der Waals surface area contributed by atoms with Crippen LogP contribution in [0.5, 0.6) is 0 Å². The van der Waals surface area contributed by atoms with E-state index >= 15 is 0 Å². The highest BCUT2D eigenvalue weighted by Gasteiger charge is 2.40. The number of carbonyl (C=O) groups is 1. The largest absolute Gasteiger partial charge is 0.462 e. The Morgan fingerprint density at radius 1 is 1.53 bits per heavy atom. The molecule has 0 radical (unpaired) electrons. The number of ether oxygens (including phenoxy) is 1. The van der Waals surface area contributed by atoms with Gasteiger partial charge in [0.25, 0.3) is 0 Å². The van der Waals surface area contributed by atoms with Crippen molar-refractivity contribution in [2.75, 3.05) is 6.61 Å². The van der Waals surface area contributed by atoms with Gasteiger partial charge in [0.15, 0.2) is 5.69 Å². The Morgan fingerprint density at radius 3 is 2.53 bits per heavy atom. The van der Waals surface area contributed by atoms with Crippen LogP contribution in [0.25, 0.3) is 0 Å². The second-order valence-electron chi connectivity index (χ2n) is 3.04. The minimum absolute atomic E-state index is 0.0209. The van der Waals surface area contributed by atoms with Crippen molar-refractivity contribution >= 4 is 23.0 Å². The Hall–Kier alpha value is -1.44. The second-order valence-corrected chi connectivity index (χ2v) is 4.04. The van der Waals surface area contributed by atoms with Gasteiger partial charge in [-0.2, -0.15) is 13.2 Å². The van der Waals surface area contributed by atoms with E-state index in [1.807, 2.05) is 0 Å². The van der Waals surface area contributed by atoms with Crippen LogP contribution in [0.4, 0.5) is 13.2 Å². The number of esters is 1. The summed E-state index contributed by atoms with van der Waals surface area (Å²) >= 11 is 0.512. The summed E-state index contributed by atoms with van der Waals surface area (Å²) in [6.07, 6.45) is -4.73. The molecule has 0 amide bonds. The van der Waals surface area contributed by atoms with Crippen LogP contribution in [0.15, 0.2) is 0 Å². The maximum atomic E-state index is 12.6. The Bertz CT molecular complexity index is 454. The van der Waals surface area contributed by atoms with Crippen molar-refractivity contribution in [3.63, 3.8) is 0 Å². The highest BCUT2D eigenvalue weighted by atomic mass is 32.1. The van der Waals surface area contributed by atoms with E-state index in [0.717, 1.165) is 0 Å². The SMILES string of the molecule is CCOC(=O)c1sc(C(C)=N)nc1C(F)(F)F. The summed E-state index contributed by atoms with van der Waals surface area (Å²) < 4.78 is 42.3. The molecule has 0 spiro atoms. The van der Waals surface area contributed by atoms with Crippen molar-refractivity contribution in [1.29, 1.82) is 5.41 Å². The van der Waals surface area contributed by atoms with Gasteiger partial charge in [0, 0.05) is 0 Å². The molecular formula is C9H9F3N2O2S. The molecule has 1 heterocycles. The number of nitrogens with zero attached hydrogens (tertiary/aromatic N) is 1. The molecular weight excluding hydrogens is 257 g/mol. The van der Waals surface area contributed by atoms with Crippen LogP contribution in [-0.4, -0.2) is 23.3 Å². The van der Waals surface area contributed by atoms with E-state index in [4.69, 9.17) is 5.41 Å². The Kier molecular flexibility index (Phi) is 3.87. The van der Waals surface area contributed by atoms with Crippen LogP contribution in [-0.2, 0) is 10.9 Å². The fraction of sp³-hybridized carbons (Fsp3) is 0.444. The summed E-state index contributed by atoms with van der Waals surface area (Å²) in [6.45, 7) is 2.77. The van der Waals surface area contributed by atoms with E-state index in [2.05, 4.69) is 9.72 Å². The van der Waals surface area contributed by atoms with Crippen LogP contribution in [0.2, 0.25) is 0 Å². The lowest BCUT2D eigenvalue weighted by molar-refractivity contribution is -0.141. The van der Waals surface area contributed by atoms with Gasteiger partial charge < -0.3 is 10.1 Å². The van der Waals surface area contributed by atoms with E-state index in [0.29, 0.717) is 11.3 Å². The van der Waals surface area contributed by atoms with Crippen LogP contribution in [0.1, 0.15) is 34.2 Å². The van der Waals surface area contributed by atoms with Gasteiger partial charge in [0.2, 0.25) is 0 Å². The van der Waals surface area contributed by atoms with Gasteiger partial charge in [-0.1, -0.05) is 0 Å². The zero-order valence-corrected chi connectivity index (χ0v) is 9.83. The summed E-state index contributed by atoms with van der Waals surface area (Å²) in [6, 6.07) is 0. The second kappa shape index (κ2) is 4.82. The summed E-state index contributed by atoms with van der Waals surface area (Å²) in [7, 11) is 0. The van der Waals surface area contributed by atoms with E-state index in [1.165, 1.54) is 13.8 Å². The third kappa shape index (κ3) is 3.02. The van der Waals surface area contributed by atoms with Crippen molar-refractivity contribution in [3.8, 4) is 0 Å². The molecule has 1 aromatic rings. The first kappa shape index (κ1) is 13.6. The molecule has 0 saturated carbocycles. The quantitative estimate of drug-likeness (QED) is 0.675. The fourth-order valence-electron chi connectivity index (χ4n) is 1.01. The Labute approximate surface area is 98.9 Å². The van der Waals surface area contributed by atoms with E-state index in [1.54, 1.807) is 0 Å². The van der Waals surface area contributed by atoms with Crippen molar-refractivity contribution < 1.29 is 22.7 Å². The molecule has 0 saturated heterocycles. The summed E-state index contributed by atoms with van der Waals surface area (Å²) in [5, 5.41) is 7.08. The van der Waals surface area contributed by atoms with Crippen molar-refractivity contribution in [2.45, 2.75) is 20.0 Å². The highest BCUT2D eigenvalue weighted by molar-refractivity contribution is 7.15. The number of aromatic nitrogens is 1. The molecule has 0 fully saturated rings. The molecule has 8 heteroatoms. The maximum Gasteiger partial charge on any atom is 0.435 e. The van der Waals surface area contributed by atoms with Gasteiger partial charge in [-0.3, -0.25) is 0 Å². The first-order valence-corrected chi connectivity index (χ1v) is 5.39. The van der Waals surface area contributed by atoms with Gasteiger partial charge >= 0.3 is 12.1 Å². The monoisotopic (exact) mass is 266 g/mol. The molecule has 0 aliphatic heterocycles. The van der Waals surface area contributed by atoms with E-state index in [9.17, 15) is 18.0 Å².